The van der Waals surface area contributed by atoms with E-state index in [1.165, 1.54) is 0 Å². The lowest BCUT2D eigenvalue weighted by atomic mass is 10.1. The van der Waals surface area contributed by atoms with Crippen molar-refractivity contribution >= 4 is 5.71 Å². The molecule has 6 heteroatoms. The predicted molar refractivity (Wildman–Crippen MR) is 29.8 cm³/mol. The van der Waals surface area contributed by atoms with Crippen LogP contribution < -0.4 is 0 Å². The van der Waals surface area contributed by atoms with Gasteiger partial charge in [0.2, 0.25) is 5.79 Å². The second kappa shape index (κ2) is 2.10. The van der Waals surface area contributed by atoms with Gasteiger partial charge < -0.3 is 9.94 Å². The molecule has 0 radical (unpaired) electrons. The number of aliphatic hydroxyl groups is 1. The summed E-state index contributed by atoms with van der Waals surface area (Å²) in [6, 6.07) is 0. The Balaban J connectivity index is 2.68. The molecule has 1 N–H and O–H groups in total. The summed E-state index contributed by atoms with van der Waals surface area (Å²) in [6.07, 6.45) is -5.11. The summed E-state index contributed by atoms with van der Waals surface area (Å²) in [4.78, 5) is 4.10. The number of hydrogen-bond donors (Lipinski definition) is 1. The molecule has 1 heterocycles. The molecule has 3 nitrogen and oxygen atoms in total. The average molecular weight is 169 g/mol. The van der Waals surface area contributed by atoms with Crippen LogP contribution in [0.2, 0.25) is 0 Å². The summed E-state index contributed by atoms with van der Waals surface area (Å²) in [5, 5.41) is 11.6. The largest absolute Gasteiger partial charge is 0.432 e. The van der Waals surface area contributed by atoms with Crippen molar-refractivity contribution in [1.82, 2.24) is 0 Å². The summed E-state index contributed by atoms with van der Waals surface area (Å²) in [6.45, 7) is 1.12. The highest BCUT2D eigenvalue weighted by Crippen LogP contribution is 2.29. The van der Waals surface area contributed by atoms with Gasteiger partial charge in [0.25, 0.3) is 0 Å². The number of oxime groups is 1. The van der Waals surface area contributed by atoms with Crippen LogP contribution in [0.25, 0.3) is 0 Å². The number of nitrogens with zero attached hydrogens (tertiary/aromatic N) is 1. The van der Waals surface area contributed by atoms with Crippen molar-refractivity contribution in [3.63, 3.8) is 0 Å². The summed E-state index contributed by atoms with van der Waals surface area (Å²) < 4.78 is 35.3. The Bertz CT molecular complexity index is 196. The molecule has 1 atom stereocenters. The number of hydrogen-bond acceptors (Lipinski definition) is 3. The van der Waals surface area contributed by atoms with E-state index in [-0.39, 0.29) is 0 Å². The van der Waals surface area contributed by atoms with Gasteiger partial charge in [-0.05, 0) is 0 Å². The Morgan fingerprint density at radius 3 is 2.36 bits per heavy atom. The van der Waals surface area contributed by atoms with Crippen molar-refractivity contribution < 1.29 is 23.1 Å². The highest BCUT2D eigenvalue weighted by molar-refractivity contribution is 5.90. The highest BCUT2D eigenvalue weighted by atomic mass is 19.4. The fourth-order valence-corrected chi connectivity index (χ4v) is 0.681. The van der Waals surface area contributed by atoms with Crippen molar-refractivity contribution in [1.29, 1.82) is 0 Å². The Morgan fingerprint density at radius 2 is 2.18 bits per heavy atom. The van der Waals surface area contributed by atoms with Crippen LogP contribution in [0.15, 0.2) is 5.16 Å². The van der Waals surface area contributed by atoms with Crippen LogP contribution >= 0.6 is 0 Å². The second-order valence-corrected chi connectivity index (χ2v) is 2.48. The van der Waals surface area contributed by atoms with E-state index in [4.69, 9.17) is 5.11 Å². The normalized spacial score (nSPS) is 31.5. The fourth-order valence-electron chi connectivity index (χ4n) is 0.681. The molecule has 1 aliphatic heterocycles. The zero-order valence-corrected chi connectivity index (χ0v) is 5.64. The third kappa shape index (κ3) is 1.83. The van der Waals surface area contributed by atoms with Gasteiger partial charge in [0.1, 0.15) is 0 Å². The molecule has 1 aliphatic rings. The first-order valence-corrected chi connectivity index (χ1v) is 2.86. The Kier molecular flexibility index (Phi) is 1.59. The Labute approximate surface area is 60.4 Å². The van der Waals surface area contributed by atoms with Crippen LogP contribution in [0.4, 0.5) is 13.2 Å². The highest BCUT2D eigenvalue weighted by Gasteiger charge is 2.45. The van der Waals surface area contributed by atoms with E-state index in [9.17, 15) is 13.2 Å². The van der Waals surface area contributed by atoms with Gasteiger partial charge in [0.05, 0.1) is 6.42 Å². The first-order valence-electron chi connectivity index (χ1n) is 2.86. The minimum atomic E-state index is -4.50. The molecule has 0 aliphatic carbocycles. The molecule has 0 saturated carbocycles. The lowest BCUT2D eigenvalue weighted by molar-refractivity contribution is -0.170. The van der Waals surface area contributed by atoms with E-state index in [0.717, 1.165) is 6.92 Å². The van der Waals surface area contributed by atoms with Gasteiger partial charge in [-0.25, -0.2) is 0 Å². The maximum absolute atomic E-state index is 11.8. The molecular formula is C5H6F3NO2. The molecule has 64 valence electrons. The van der Waals surface area contributed by atoms with Gasteiger partial charge in [-0.1, -0.05) is 5.16 Å². The zero-order chi connectivity index (χ0) is 8.70. The SMILES string of the molecule is CC1(O)CC(C(F)(F)F)=NO1. The van der Waals surface area contributed by atoms with Crippen molar-refractivity contribution in [2.75, 3.05) is 0 Å². The molecule has 0 amide bonds. The molecule has 0 aromatic rings. The topological polar surface area (TPSA) is 41.8 Å². The van der Waals surface area contributed by atoms with Crippen LogP contribution in [0.1, 0.15) is 13.3 Å². The molecule has 0 spiro atoms. The maximum Gasteiger partial charge on any atom is 0.432 e. The number of rotatable bonds is 0. The van der Waals surface area contributed by atoms with Crippen molar-refractivity contribution in [2.24, 2.45) is 5.16 Å². The quantitative estimate of drug-likeness (QED) is 0.588. The average Bonchev–Trinajstić information content (AvgIpc) is 2.07. The monoisotopic (exact) mass is 169 g/mol. The molecular weight excluding hydrogens is 163 g/mol. The number of alkyl halides is 3. The van der Waals surface area contributed by atoms with Crippen LogP contribution in [0, 0.1) is 0 Å². The summed E-state index contributed by atoms with van der Waals surface area (Å²) >= 11 is 0. The van der Waals surface area contributed by atoms with Gasteiger partial charge in [0, 0.05) is 6.92 Å². The predicted octanol–water partition coefficient (Wildman–Crippen LogP) is 1.03. The van der Waals surface area contributed by atoms with E-state index in [2.05, 4.69) is 9.99 Å². The molecule has 0 saturated heterocycles. The first kappa shape index (κ1) is 8.32. The van der Waals surface area contributed by atoms with Crippen LogP contribution in [-0.2, 0) is 4.84 Å². The molecule has 0 aromatic heterocycles. The molecule has 0 bridgehead atoms. The van der Waals surface area contributed by atoms with Crippen molar-refractivity contribution in [2.45, 2.75) is 25.3 Å². The minimum absolute atomic E-state index is 0.615. The number of halogens is 3. The lowest BCUT2D eigenvalue weighted by Gasteiger charge is -2.12. The standard InChI is InChI=1S/C5H6F3NO2/c1-4(10)2-3(9-11-4)5(6,7)8/h10H,2H2,1H3. The third-order valence-corrected chi connectivity index (χ3v) is 1.18. The Morgan fingerprint density at radius 1 is 1.64 bits per heavy atom. The van der Waals surface area contributed by atoms with Gasteiger partial charge >= 0.3 is 6.18 Å². The van der Waals surface area contributed by atoms with Crippen LogP contribution in [0.5, 0.6) is 0 Å². The van der Waals surface area contributed by atoms with Crippen molar-refractivity contribution in [3.8, 4) is 0 Å². The summed E-state index contributed by atoms with van der Waals surface area (Å²) in [5.41, 5.74) is -1.08. The molecule has 11 heavy (non-hydrogen) atoms. The van der Waals surface area contributed by atoms with E-state index in [0.29, 0.717) is 0 Å². The molecule has 1 rings (SSSR count). The zero-order valence-electron chi connectivity index (χ0n) is 5.64. The van der Waals surface area contributed by atoms with E-state index in [1.807, 2.05) is 0 Å². The van der Waals surface area contributed by atoms with Crippen LogP contribution in [-0.4, -0.2) is 22.8 Å². The molecule has 1 unspecified atom stereocenters. The lowest BCUT2D eigenvalue weighted by Crippen LogP contribution is -2.28. The smallest absolute Gasteiger partial charge is 0.360 e. The van der Waals surface area contributed by atoms with Gasteiger partial charge in [0.15, 0.2) is 5.71 Å². The van der Waals surface area contributed by atoms with Gasteiger partial charge in [-0.2, -0.15) is 13.2 Å². The minimum Gasteiger partial charge on any atom is -0.360 e. The van der Waals surface area contributed by atoms with Gasteiger partial charge in [-0.15, -0.1) is 0 Å². The van der Waals surface area contributed by atoms with E-state index >= 15 is 0 Å². The summed E-state index contributed by atoms with van der Waals surface area (Å²) in [7, 11) is 0. The third-order valence-electron chi connectivity index (χ3n) is 1.18. The first-order chi connectivity index (χ1) is 4.81. The molecule has 0 fully saturated rings. The maximum atomic E-state index is 11.8. The van der Waals surface area contributed by atoms with E-state index in [1.54, 1.807) is 0 Å². The van der Waals surface area contributed by atoms with Crippen molar-refractivity contribution in [3.05, 3.63) is 0 Å². The molecule has 0 aromatic carbocycles. The van der Waals surface area contributed by atoms with E-state index < -0.39 is 24.1 Å². The summed E-state index contributed by atoms with van der Waals surface area (Å²) in [5.74, 6) is -1.80. The fraction of sp³-hybridized carbons (Fsp3) is 0.800. The second-order valence-electron chi connectivity index (χ2n) is 2.48. The van der Waals surface area contributed by atoms with Crippen LogP contribution in [0.3, 0.4) is 0 Å². The Hall–Kier alpha value is -0.780. The van der Waals surface area contributed by atoms with Gasteiger partial charge in [-0.3, -0.25) is 0 Å².